The van der Waals surface area contributed by atoms with Gasteiger partial charge < -0.3 is 15.4 Å². The summed E-state index contributed by atoms with van der Waals surface area (Å²) in [6, 6.07) is 1.74. The van der Waals surface area contributed by atoms with E-state index in [1.807, 2.05) is 0 Å². The Labute approximate surface area is 134 Å². The molecular weight excluding hydrogens is 298 g/mol. The molecule has 0 aliphatic heterocycles. The summed E-state index contributed by atoms with van der Waals surface area (Å²) in [6.07, 6.45) is 2.83. The molecule has 0 saturated carbocycles. The van der Waals surface area contributed by atoms with Crippen LogP contribution in [0.2, 0.25) is 0 Å². The molecule has 2 N–H and O–H groups in total. The molecule has 0 radical (unpaired) electrons. The number of fused-ring (bicyclic) bond motifs is 1. The first kappa shape index (κ1) is 16.7. The molecule has 8 heteroatoms. The molecule has 2 rings (SSSR count). The molecule has 2 amide bonds. The van der Waals surface area contributed by atoms with Gasteiger partial charge in [-0.1, -0.05) is 0 Å². The number of nitrogens with one attached hydrogen (secondary N) is 2. The minimum atomic E-state index is -0.548. The summed E-state index contributed by atoms with van der Waals surface area (Å²) in [5, 5.41) is 9.55. The molecule has 124 valence electrons. The second kappa shape index (κ2) is 6.64. The summed E-state index contributed by atoms with van der Waals surface area (Å²) >= 11 is 0. The van der Waals surface area contributed by atoms with Gasteiger partial charge >= 0.3 is 6.09 Å². The number of hydrogen-bond donors (Lipinski definition) is 2. The average molecular weight is 319 g/mol. The number of carbonyl (C=O) groups excluding carboxylic acids is 2. The smallest absolute Gasteiger partial charge is 0.407 e. The lowest BCUT2D eigenvalue weighted by atomic mass is 10.2. The molecule has 0 atom stereocenters. The second-order valence-electron chi connectivity index (χ2n) is 6.03. The lowest BCUT2D eigenvalue weighted by Crippen LogP contribution is -2.38. The number of ether oxygens (including phenoxy) is 1. The van der Waals surface area contributed by atoms with E-state index in [2.05, 4.69) is 20.7 Å². The van der Waals surface area contributed by atoms with Gasteiger partial charge in [-0.15, -0.1) is 0 Å². The first-order valence-corrected chi connectivity index (χ1v) is 7.33. The topological polar surface area (TPSA) is 97.6 Å². The fourth-order valence-corrected chi connectivity index (χ4v) is 2.01. The Kier molecular flexibility index (Phi) is 4.83. The van der Waals surface area contributed by atoms with Crippen LogP contribution in [0.4, 0.5) is 4.79 Å². The van der Waals surface area contributed by atoms with Crippen LogP contribution in [0.15, 0.2) is 18.5 Å². The number of hydrogen-bond acceptors (Lipinski definition) is 5. The highest BCUT2D eigenvalue weighted by atomic mass is 16.6. The van der Waals surface area contributed by atoms with Crippen LogP contribution in [0.3, 0.4) is 0 Å². The summed E-state index contributed by atoms with van der Waals surface area (Å²) in [4.78, 5) is 27.9. The molecule has 8 nitrogen and oxygen atoms in total. The Morgan fingerprint density at radius 3 is 2.65 bits per heavy atom. The average Bonchev–Trinajstić information content (AvgIpc) is 2.77. The van der Waals surface area contributed by atoms with Crippen molar-refractivity contribution in [3.8, 4) is 0 Å². The van der Waals surface area contributed by atoms with Crippen LogP contribution < -0.4 is 10.6 Å². The van der Waals surface area contributed by atoms with Crippen molar-refractivity contribution in [2.45, 2.75) is 33.3 Å². The van der Waals surface area contributed by atoms with Crippen molar-refractivity contribution in [1.82, 2.24) is 25.2 Å². The van der Waals surface area contributed by atoms with E-state index in [1.54, 1.807) is 50.7 Å². The molecule has 0 unspecified atom stereocenters. The van der Waals surface area contributed by atoms with Crippen LogP contribution in [0.1, 0.15) is 36.8 Å². The van der Waals surface area contributed by atoms with Gasteiger partial charge in [-0.05, 0) is 33.8 Å². The third kappa shape index (κ3) is 4.41. The van der Waals surface area contributed by atoms with Gasteiger partial charge in [-0.3, -0.25) is 4.79 Å². The van der Waals surface area contributed by atoms with Gasteiger partial charge in [0.2, 0.25) is 0 Å². The zero-order valence-electron chi connectivity index (χ0n) is 13.7. The third-order valence-corrected chi connectivity index (χ3v) is 2.88. The van der Waals surface area contributed by atoms with Crippen LogP contribution in [-0.4, -0.2) is 45.3 Å². The van der Waals surface area contributed by atoms with Gasteiger partial charge in [-0.2, -0.15) is 5.10 Å². The Bertz CT molecular complexity index is 717. The van der Waals surface area contributed by atoms with E-state index in [4.69, 9.17) is 4.74 Å². The van der Waals surface area contributed by atoms with Gasteiger partial charge in [0.05, 0.1) is 5.69 Å². The van der Waals surface area contributed by atoms with Crippen molar-refractivity contribution in [2.75, 3.05) is 13.1 Å². The van der Waals surface area contributed by atoms with Crippen molar-refractivity contribution >= 4 is 17.6 Å². The first-order chi connectivity index (χ1) is 10.8. The standard InChI is InChI=1S/C15H21N5O3/c1-10-11(12-16-6-5-9-20(12)19-10)13(21)17-7-8-18-14(22)23-15(2,3)4/h5-6,9H,7-8H2,1-4H3,(H,17,21)(H,18,22). The quantitative estimate of drug-likeness (QED) is 0.828. The highest BCUT2D eigenvalue weighted by Gasteiger charge is 2.18. The van der Waals surface area contributed by atoms with Crippen LogP contribution >= 0.6 is 0 Å². The third-order valence-electron chi connectivity index (χ3n) is 2.88. The Morgan fingerprint density at radius 1 is 1.26 bits per heavy atom. The maximum atomic E-state index is 12.3. The van der Waals surface area contributed by atoms with Gasteiger partial charge in [0.15, 0.2) is 5.65 Å². The minimum absolute atomic E-state index is 0.270. The molecule has 0 aromatic carbocycles. The number of aromatic nitrogens is 3. The normalized spacial score (nSPS) is 11.3. The van der Waals surface area contributed by atoms with Gasteiger partial charge in [-0.25, -0.2) is 14.3 Å². The van der Waals surface area contributed by atoms with Crippen LogP contribution in [0.25, 0.3) is 5.65 Å². The van der Waals surface area contributed by atoms with Gasteiger partial charge in [0, 0.05) is 25.5 Å². The Balaban J connectivity index is 1.88. The van der Waals surface area contributed by atoms with Crippen molar-refractivity contribution in [2.24, 2.45) is 0 Å². The highest BCUT2D eigenvalue weighted by molar-refractivity contribution is 6.00. The summed E-state index contributed by atoms with van der Waals surface area (Å²) in [5.74, 6) is -0.276. The maximum Gasteiger partial charge on any atom is 0.407 e. The van der Waals surface area contributed by atoms with Crippen LogP contribution in [0, 0.1) is 6.92 Å². The van der Waals surface area contributed by atoms with E-state index in [9.17, 15) is 9.59 Å². The number of alkyl carbamates (subject to hydrolysis) is 1. The predicted molar refractivity (Wildman–Crippen MR) is 84.3 cm³/mol. The number of amides is 2. The minimum Gasteiger partial charge on any atom is -0.444 e. The number of carbonyl (C=O) groups is 2. The molecule has 0 fully saturated rings. The molecule has 0 saturated heterocycles. The summed E-state index contributed by atoms with van der Waals surface area (Å²) in [5.41, 5.74) is 0.986. The fourth-order valence-electron chi connectivity index (χ4n) is 2.01. The zero-order valence-corrected chi connectivity index (χ0v) is 13.7. The molecule has 0 spiro atoms. The Hall–Kier alpha value is -2.64. The van der Waals surface area contributed by atoms with E-state index < -0.39 is 11.7 Å². The van der Waals surface area contributed by atoms with E-state index in [-0.39, 0.29) is 19.0 Å². The molecule has 0 aliphatic carbocycles. The number of aryl methyl sites for hydroxylation is 1. The van der Waals surface area contributed by atoms with Crippen molar-refractivity contribution < 1.29 is 14.3 Å². The number of rotatable bonds is 4. The SMILES string of the molecule is Cc1nn2cccnc2c1C(=O)NCCNC(=O)OC(C)(C)C. The largest absolute Gasteiger partial charge is 0.444 e. The summed E-state index contributed by atoms with van der Waals surface area (Å²) in [7, 11) is 0. The molecule has 23 heavy (non-hydrogen) atoms. The van der Waals surface area contributed by atoms with Crippen molar-refractivity contribution in [3.63, 3.8) is 0 Å². The lowest BCUT2D eigenvalue weighted by molar-refractivity contribution is 0.0526. The van der Waals surface area contributed by atoms with E-state index in [0.717, 1.165) is 0 Å². The fraction of sp³-hybridized carbons (Fsp3) is 0.467. The summed E-state index contributed by atoms with van der Waals surface area (Å²) in [6.45, 7) is 7.66. The van der Waals surface area contributed by atoms with Crippen LogP contribution in [-0.2, 0) is 4.74 Å². The molecule has 0 aliphatic rings. The highest BCUT2D eigenvalue weighted by Crippen LogP contribution is 2.12. The lowest BCUT2D eigenvalue weighted by Gasteiger charge is -2.19. The summed E-state index contributed by atoms with van der Waals surface area (Å²) < 4.78 is 6.67. The Morgan fingerprint density at radius 2 is 1.96 bits per heavy atom. The van der Waals surface area contributed by atoms with Gasteiger partial charge in [0.25, 0.3) is 5.91 Å². The molecule has 0 bridgehead atoms. The predicted octanol–water partition coefficient (Wildman–Crippen LogP) is 1.29. The first-order valence-electron chi connectivity index (χ1n) is 7.33. The second-order valence-corrected chi connectivity index (χ2v) is 6.03. The molecular formula is C15H21N5O3. The van der Waals surface area contributed by atoms with Gasteiger partial charge in [0.1, 0.15) is 11.2 Å². The van der Waals surface area contributed by atoms with E-state index in [0.29, 0.717) is 16.9 Å². The molecule has 2 aromatic heterocycles. The molecule has 2 heterocycles. The number of nitrogens with zero attached hydrogens (tertiary/aromatic N) is 3. The maximum absolute atomic E-state index is 12.3. The van der Waals surface area contributed by atoms with E-state index in [1.165, 1.54) is 0 Å². The molecule has 2 aromatic rings. The monoisotopic (exact) mass is 319 g/mol. The van der Waals surface area contributed by atoms with Crippen LogP contribution in [0.5, 0.6) is 0 Å². The van der Waals surface area contributed by atoms with Crippen molar-refractivity contribution in [1.29, 1.82) is 0 Å². The van der Waals surface area contributed by atoms with E-state index >= 15 is 0 Å². The van der Waals surface area contributed by atoms with Crippen molar-refractivity contribution in [3.05, 3.63) is 29.7 Å². The zero-order chi connectivity index (χ0) is 17.0.